The second kappa shape index (κ2) is 15.8. The lowest BCUT2D eigenvalue weighted by Crippen LogP contribution is -2.19. The first kappa shape index (κ1) is 34.2. The first-order valence-electron chi connectivity index (χ1n) is 15.5. The summed E-state index contributed by atoms with van der Waals surface area (Å²) in [6.07, 6.45) is 7.20. The number of amides is 1. The Balaban J connectivity index is 0.000000170. The van der Waals surface area contributed by atoms with Crippen molar-refractivity contribution in [3.05, 3.63) is 153 Å². The van der Waals surface area contributed by atoms with Crippen molar-refractivity contribution in [2.24, 2.45) is 0 Å². The van der Waals surface area contributed by atoms with Gasteiger partial charge >= 0.3 is 6.03 Å². The van der Waals surface area contributed by atoms with Gasteiger partial charge in [-0.1, -0.05) is 41.9 Å². The van der Waals surface area contributed by atoms with Crippen molar-refractivity contribution in [3.63, 3.8) is 0 Å². The van der Waals surface area contributed by atoms with Gasteiger partial charge in [-0.25, -0.2) is 14.5 Å². The highest BCUT2D eigenvalue weighted by Crippen LogP contribution is 2.40. The fourth-order valence-corrected chi connectivity index (χ4v) is 8.49. The quantitative estimate of drug-likeness (QED) is 0.174. The molecular weight excluding hydrogens is 736 g/mol. The Bertz CT molecular complexity index is 2400. The van der Waals surface area contributed by atoms with E-state index in [1.54, 1.807) is 88.1 Å². The average molecular weight is 763 g/mol. The fourth-order valence-electron chi connectivity index (χ4n) is 4.82. The first-order valence-corrected chi connectivity index (χ1v) is 19.3. The molecule has 1 amide bonds. The van der Waals surface area contributed by atoms with E-state index < -0.39 is 0 Å². The van der Waals surface area contributed by atoms with E-state index in [4.69, 9.17) is 16.6 Å². The van der Waals surface area contributed by atoms with Crippen LogP contribution in [-0.4, -0.2) is 36.5 Å². The molecule has 8 nitrogen and oxygen atoms in total. The summed E-state index contributed by atoms with van der Waals surface area (Å²) in [5.74, 6) is -0.195. The van der Waals surface area contributed by atoms with Crippen LogP contribution in [0.25, 0.3) is 42.4 Å². The molecular formula is C38H27ClN6O2S4. The van der Waals surface area contributed by atoms with Crippen molar-refractivity contribution in [1.29, 1.82) is 0 Å². The van der Waals surface area contributed by atoms with Gasteiger partial charge in [0.25, 0.3) is 5.91 Å². The normalized spacial score (nSPS) is 11.0. The number of aromatic nitrogens is 5. The molecule has 2 aromatic carbocycles. The largest absolute Gasteiger partial charge is 0.346 e. The number of anilines is 1. The summed E-state index contributed by atoms with van der Waals surface area (Å²) >= 11 is 12.6. The highest BCUT2D eigenvalue weighted by Gasteiger charge is 2.17. The third kappa shape index (κ3) is 8.39. The minimum Gasteiger partial charge on any atom is -0.306 e. The van der Waals surface area contributed by atoms with Gasteiger partial charge in [0.2, 0.25) is 0 Å². The van der Waals surface area contributed by atoms with Crippen LogP contribution in [0, 0.1) is 6.92 Å². The maximum atomic E-state index is 12.7. The van der Waals surface area contributed by atoms with Crippen LogP contribution in [0.4, 0.5) is 10.5 Å². The van der Waals surface area contributed by atoms with Gasteiger partial charge in [-0.15, -0.1) is 45.3 Å². The van der Waals surface area contributed by atoms with Crippen LogP contribution in [0.15, 0.2) is 126 Å². The Hall–Kier alpha value is -5.24. The molecule has 0 aliphatic heterocycles. The molecule has 8 aromatic rings. The smallest absolute Gasteiger partial charge is 0.306 e. The maximum Gasteiger partial charge on any atom is 0.346 e. The molecule has 0 unspecified atom stereocenters. The number of benzene rings is 2. The summed E-state index contributed by atoms with van der Waals surface area (Å²) in [6, 6.07) is 31.9. The van der Waals surface area contributed by atoms with Crippen molar-refractivity contribution in [1.82, 2.24) is 24.5 Å². The average Bonchev–Trinajstić information content (AvgIpc) is 3.98. The lowest BCUT2D eigenvalue weighted by atomic mass is 10.2. The van der Waals surface area contributed by atoms with Gasteiger partial charge in [-0.05, 0) is 103 Å². The zero-order valence-electron chi connectivity index (χ0n) is 26.8. The lowest BCUT2D eigenvalue weighted by Gasteiger charge is -2.03. The molecule has 0 spiro atoms. The number of hydrogen-bond donors (Lipinski definition) is 1. The molecule has 13 heteroatoms. The second-order valence-electron chi connectivity index (χ2n) is 10.9. The van der Waals surface area contributed by atoms with E-state index in [1.807, 2.05) is 73.0 Å². The molecule has 6 aromatic heterocycles. The van der Waals surface area contributed by atoms with E-state index in [0.29, 0.717) is 10.6 Å². The molecule has 0 saturated carbocycles. The first-order chi connectivity index (χ1) is 24.9. The van der Waals surface area contributed by atoms with Crippen LogP contribution >= 0.6 is 56.9 Å². The molecule has 0 saturated heterocycles. The standard InChI is InChI=1S/C22H14ClN3OS3.C16H13N3OS/c1-13-20(16-10-11-26(25-16)22(27)14-4-6-15(23)7-5-14)30-21(24-13)19-9-8-18(29-19)17-3-2-12-28-17;20-16(17-13-5-2-1-3-6-13)19-11-10-14(18-19)8-9-15-7-4-12-21-15/h2-12H,1H3;1-12H,(H,17,20). The van der Waals surface area contributed by atoms with Gasteiger partial charge in [0.05, 0.1) is 21.1 Å². The van der Waals surface area contributed by atoms with Crippen LogP contribution in [0.3, 0.4) is 0 Å². The molecule has 51 heavy (non-hydrogen) atoms. The summed E-state index contributed by atoms with van der Waals surface area (Å²) in [5, 5.41) is 17.2. The van der Waals surface area contributed by atoms with Gasteiger partial charge in [-0.3, -0.25) is 4.79 Å². The second-order valence-corrected chi connectivity index (χ2v) is 15.3. The number of thiophene rings is 3. The van der Waals surface area contributed by atoms with E-state index in [1.165, 1.54) is 19.1 Å². The Kier molecular flexibility index (Phi) is 10.6. The lowest BCUT2D eigenvalue weighted by molar-refractivity contribution is 0.0945. The minimum atomic E-state index is -0.281. The molecule has 8 rings (SSSR count). The molecule has 0 bridgehead atoms. The molecule has 0 fully saturated rings. The van der Waals surface area contributed by atoms with Crippen molar-refractivity contribution < 1.29 is 9.59 Å². The van der Waals surface area contributed by atoms with Crippen molar-refractivity contribution in [3.8, 4) is 30.2 Å². The number of nitrogens with one attached hydrogen (secondary N) is 1. The fraction of sp³-hybridized carbons (Fsp3) is 0.0263. The van der Waals surface area contributed by atoms with Crippen LogP contribution < -0.4 is 5.32 Å². The number of para-hydroxylation sites is 1. The molecule has 0 aliphatic carbocycles. The van der Waals surface area contributed by atoms with E-state index in [0.717, 1.165) is 42.4 Å². The van der Waals surface area contributed by atoms with E-state index in [-0.39, 0.29) is 11.9 Å². The summed E-state index contributed by atoms with van der Waals surface area (Å²) in [6.45, 7) is 1.98. The van der Waals surface area contributed by atoms with E-state index in [2.05, 4.69) is 45.2 Å². The van der Waals surface area contributed by atoms with Crippen LogP contribution in [0.1, 0.15) is 26.6 Å². The van der Waals surface area contributed by atoms with Gasteiger partial charge in [0.1, 0.15) is 10.7 Å². The predicted molar refractivity (Wildman–Crippen MR) is 212 cm³/mol. The van der Waals surface area contributed by atoms with Gasteiger partial charge < -0.3 is 5.32 Å². The SMILES string of the molecule is Cc1nc(-c2ccc(-c3cccs3)s2)sc1-c1ccn(C(=O)c2ccc(Cl)cc2)n1.O=C(Nc1ccccc1)n1ccc(C=Cc2cccs2)n1. The highest BCUT2D eigenvalue weighted by molar-refractivity contribution is 7.26. The van der Waals surface area contributed by atoms with Gasteiger partial charge in [0, 0.05) is 43.3 Å². The van der Waals surface area contributed by atoms with E-state index >= 15 is 0 Å². The van der Waals surface area contributed by atoms with Crippen molar-refractivity contribution >= 4 is 86.7 Å². The summed E-state index contributed by atoms with van der Waals surface area (Å²) in [5.41, 5.74) is 3.68. The Morgan fingerprint density at radius 3 is 2.25 bits per heavy atom. The van der Waals surface area contributed by atoms with Gasteiger partial charge in [0.15, 0.2) is 0 Å². The molecule has 6 heterocycles. The molecule has 0 atom stereocenters. The third-order valence-corrected chi connectivity index (χ3v) is 11.9. The summed E-state index contributed by atoms with van der Waals surface area (Å²) in [7, 11) is 0. The maximum absolute atomic E-state index is 12.7. The Morgan fingerprint density at radius 2 is 1.49 bits per heavy atom. The number of thiazole rings is 1. The number of carbonyl (C=O) groups excluding carboxylic acids is 2. The number of aryl methyl sites for hydroxylation is 1. The minimum absolute atomic E-state index is 0.195. The molecule has 0 radical (unpaired) electrons. The Labute approximate surface area is 314 Å². The van der Waals surface area contributed by atoms with Crippen LogP contribution in [-0.2, 0) is 0 Å². The topological polar surface area (TPSA) is 94.7 Å². The van der Waals surface area contributed by atoms with Crippen molar-refractivity contribution in [2.45, 2.75) is 6.92 Å². The highest BCUT2D eigenvalue weighted by atomic mass is 35.5. The van der Waals surface area contributed by atoms with Crippen LogP contribution in [0.5, 0.6) is 0 Å². The van der Waals surface area contributed by atoms with E-state index in [9.17, 15) is 9.59 Å². The summed E-state index contributed by atoms with van der Waals surface area (Å²) < 4.78 is 2.65. The number of halogens is 1. The number of rotatable bonds is 7. The third-order valence-electron chi connectivity index (χ3n) is 7.30. The molecule has 1 N–H and O–H groups in total. The zero-order valence-corrected chi connectivity index (χ0v) is 30.9. The van der Waals surface area contributed by atoms with Gasteiger partial charge in [-0.2, -0.15) is 14.9 Å². The number of carbonyl (C=O) groups is 2. The summed E-state index contributed by atoms with van der Waals surface area (Å²) in [4.78, 5) is 35.2. The predicted octanol–water partition coefficient (Wildman–Crippen LogP) is 11.3. The number of hydrogen-bond acceptors (Lipinski definition) is 9. The molecule has 252 valence electrons. The van der Waals surface area contributed by atoms with Crippen molar-refractivity contribution in [2.75, 3.05) is 5.32 Å². The number of nitrogens with zero attached hydrogens (tertiary/aromatic N) is 5. The Morgan fingerprint density at radius 1 is 0.725 bits per heavy atom. The van der Waals surface area contributed by atoms with Crippen LogP contribution in [0.2, 0.25) is 5.02 Å². The molecule has 0 aliphatic rings. The zero-order chi connectivity index (χ0) is 35.2. The monoisotopic (exact) mass is 762 g/mol.